The summed E-state index contributed by atoms with van der Waals surface area (Å²) in [6.07, 6.45) is 0.563. The lowest BCUT2D eigenvalue weighted by Crippen LogP contribution is -2.37. The Labute approximate surface area is 346 Å². The van der Waals surface area contributed by atoms with E-state index in [-0.39, 0.29) is 42.7 Å². The molecule has 0 spiro atoms. The maximum Gasteiger partial charge on any atom is 0.357 e. The van der Waals surface area contributed by atoms with Crippen LogP contribution in [-0.2, 0) is 14.3 Å². The smallest absolute Gasteiger partial charge is 0.357 e. The molecule has 12 nitrogen and oxygen atoms in total. The molecule has 0 unspecified atom stereocenters. The standard InChI is InChI=1S/C25H22N2O4.C23H19N3O3/c1-3-31-23(28)22-20-10-5-4-8-18(20)16-21(26-22)19-9-6-7-17(15-19)11-12-25(30)13-14-27(2)24(25)29;1-26-12-11-23(29,22(26)28)10-9-15-5-4-7-17(13-15)19-14-16-6-2-3-8-18(16)20(25-19)21(24)27/h4-10,15-16,30H,3,13-14H2,1-2H3;2-8,13-14,29H,11-12H2,1H3,(H2,24,27)/t25-;23-/m00/s1. The third-order valence-corrected chi connectivity index (χ3v) is 10.3. The fourth-order valence-electron chi connectivity index (χ4n) is 7.04. The molecule has 4 heterocycles. The number of nitrogens with zero attached hydrogens (tertiary/aromatic N) is 4. The van der Waals surface area contributed by atoms with E-state index in [9.17, 15) is 29.4 Å². The van der Waals surface area contributed by atoms with Crippen LogP contribution in [0.15, 0.2) is 109 Å². The van der Waals surface area contributed by atoms with Crippen LogP contribution in [-0.4, -0.2) is 98.7 Å². The number of likely N-dealkylation sites (tertiary alicyclic amines) is 2. The molecule has 3 amide bonds. The second-order valence-electron chi connectivity index (χ2n) is 14.6. The number of likely N-dealkylation sites (N-methyl/N-ethyl adjacent to an activating group) is 2. The Morgan fingerprint density at radius 1 is 0.683 bits per heavy atom. The third kappa shape index (κ3) is 8.43. The normalized spacial score (nSPS) is 18.3. The summed E-state index contributed by atoms with van der Waals surface area (Å²) in [4.78, 5) is 60.5. The summed E-state index contributed by atoms with van der Waals surface area (Å²) in [5, 5.41) is 24.1. The zero-order valence-corrected chi connectivity index (χ0v) is 33.2. The van der Waals surface area contributed by atoms with E-state index < -0.39 is 23.1 Å². The third-order valence-electron chi connectivity index (χ3n) is 10.3. The number of carbonyl (C=O) groups is 4. The summed E-state index contributed by atoms with van der Waals surface area (Å²) in [6, 6.07) is 33.3. The molecule has 300 valence electrons. The number of hydrogen-bond donors (Lipinski definition) is 3. The average molecular weight is 800 g/mol. The number of amides is 3. The van der Waals surface area contributed by atoms with E-state index in [2.05, 4.69) is 33.6 Å². The van der Waals surface area contributed by atoms with E-state index in [1.807, 2.05) is 91.0 Å². The number of carbonyl (C=O) groups excluding carboxylic acids is 4. The van der Waals surface area contributed by atoms with Crippen molar-refractivity contribution in [2.24, 2.45) is 5.73 Å². The molecule has 2 aliphatic heterocycles. The minimum Gasteiger partial charge on any atom is -0.461 e. The summed E-state index contributed by atoms with van der Waals surface area (Å²) < 4.78 is 5.19. The van der Waals surface area contributed by atoms with Gasteiger partial charge in [-0.25, -0.2) is 14.8 Å². The molecular weight excluding hydrogens is 759 g/mol. The first-order valence-corrected chi connectivity index (χ1v) is 19.3. The molecule has 0 aliphatic carbocycles. The fraction of sp³-hybridized carbons (Fsp3) is 0.208. The molecule has 0 radical (unpaired) electrons. The summed E-state index contributed by atoms with van der Waals surface area (Å²) in [6.45, 7) is 2.97. The van der Waals surface area contributed by atoms with Crippen LogP contribution in [0.25, 0.3) is 44.1 Å². The lowest BCUT2D eigenvalue weighted by atomic mass is 10.0. The highest BCUT2D eigenvalue weighted by Crippen LogP contribution is 2.28. The first kappa shape index (κ1) is 40.8. The molecule has 0 saturated carbocycles. The van der Waals surface area contributed by atoms with Crippen molar-refractivity contribution in [1.82, 2.24) is 19.8 Å². The Morgan fingerprint density at radius 2 is 1.13 bits per heavy atom. The van der Waals surface area contributed by atoms with Crippen molar-refractivity contribution >= 4 is 45.2 Å². The lowest BCUT2D eigenvalue weighted by molar-refractivity contribution is -0.138. The lowest BCUT2D eigenvalue weighted by Gasteiger charge is -2.13. The molecule has 8 rings (SSSR count). The van der Waals surface area contributed by atoms with E-state index >= 15 is 0 Å². The number of rotatable bonds is 5. The summed E-state index contributed by atoms with van der Waals surface area (Å²) >= 11 is 0. The number of aromatic nitrogens is 2. The summed E-state index contributed by atoms with van der Waals surface area (Å²) in [7, 11) is 3.29. The SMILES string of the molecule is CCOC(=O)c1nc(-c2cccc(C#C[C@]3(O)CCN(C)C3=O)c2)cc2ccccc12.CN1CC[C@@](O)(C#Cc2cccc(-c3cc4ccccc4c(C(N)=O)n3)c2)C1=O. The number of hydrogen-bond acceptors (Lipinski definition) is 9. The molecule has 2 saturated heterocycles. The van der Waals surface area contributed by atoms with E-state index in [4.69, 9.17) is 10.5 Å². The quantitative estimate of drug-likeness (QED) is 0.161. The molecule has 0 bridgehead atoms. The molecule has 6 aromatic rings. The van der Waals surface area contributed by atoms with Gasteiger partial charge >= 0.3 is 5.97 Å². The van der Waals surface area contributed by atoms with Gasteiger partial charge in [0.1, 0.15) is 5.69 Å². The summed E-state index contributed by atoms with van der Waals surface area (Å²) in [5.41, 5.74) is 6.71. The van der Waals surface area contributed by atoms with Crippen LogP contribution in [0.2, 0.25) is 0 Å². The highest BCUT2D eigenvalue weighted by Gasteiger charge is 2.43. The Bertz CT molecular complexity index is 2840. The fourth-order valence-corrected chi connectivity index (χ4v) is 7.04. The van der Waals surface area contributed by atoms with Gasteiger partial charge in [-0.15, -0.1) is 0 Å². The van der Waals surface area contributed by atoms with Crippen molar-refractivity contribution in [2.45, 2.75) is 31.0 Å². The molecular formula is C48H41N5O7. The van der Waals surface area contributed by atoms with Crippen LogP contribution in [0.1, 0.15) is 51.9 Å². The van der Waals surface area contributed by atoms with E-state index in [0.717, 1.165) is 27.3 Å². The number of pyridine rings is 2. The number of aliphatic hydroxyl groups is 2. The molecule has 12 heteroatoms. The number of esters is 1. The zero-order chi connectivity index (χ0) is 42.6. The van der Waals surface area contributed by atoms with Gasteiger partial charge in [0.25, 0.3) is 17.7 Å². The van der Waals surface area contributed by atoms with Crippen LogP contribution >= 0.6 is 0 Å². The maximum absolute atomic E-state index is 12.5. The van der Waals surface area contributed by atoms with Gasteiger partial charge in [0, 0.05) is 73.1 Å². The Balaban J connectivity index is 0.000000182. The number of fused-ring (bicyclic) bond motifs is 2. The average Bonchev–Trinajstić information content (AvgIpc) is 3.68. The minimum atomic E-state index is -1.65. The van der Waals surface area contributed by atoms with Crippen molar-refractivity contribution in [3.8, 4) is 46.2 Å². The van der Waals surface area contributed by atoms with Crippen molar-refractivity contribution in [2.75, 3.05) is 33.8 Å². The van der Waals surface area contributed by atoms with Crippen molar-refractivity contribution in [3.05, 3.63) is 132 Å². The minimum absolute atomic E-state index is 0.212. The van der Waals surface area contributed by atoms with Crippen LogP contribution in [0.5, 0.6) is 0 Å². The summed E-state index contributed by atoms with van der Waals surface area (Å²) in [5.74, 6) is 9.42. The van der Waals surface area contributed by atoms with Gasteiger partial charge in [-0.1, -0.05) is 96.5 Å². The van der Waals surface area contributed by atoms with Crippen LogP contribution in [0, 0.1) is 23.7 Å². The highest BCUT2D eigenvalue weighted by atomic mass is 16.5. The largest absolute Gasteiger partial charge is 0.461 e. The molecule has 4 aromatic carbocycles. The van der Waals surface area contributed by atoms with E-state index in [1.54, 1.807) is 39.2 Å². The first-order chi connectivity index (χ1) is 28.8. The van der Waals surface area contributed by atoms with Gasteiger partial charge in [0.05, 0.1) is 18.0 Å². The predicted molar refractivity (Wildman–Crippen MR) is 227 cm³/mol. The van der Waals surface area contributed by atoms with Crippen LogP contribution in [0.3, 0.4) is 0 Å². The monoisotopic (exact) mass is 799 g/mol. The molecule has 4 N–H and O–H groups in total. The van der Waals surface area contributed by atoms with Crippen molar-refractivity contribution < 1.29 is 34.1 Å². The molecule has 2 aromatic heterocycles. The number of ether oxygens (including phenoxy) is 1. The van der Waals surface area contributed by atoms with Crippen LogP contribution < -0.4 is 5.73 Å². The predicted octanol–water partition coefficient (Wildman–Crippen LogP) is 4.97. The molecule has 2 fully saturated rings. The second-order valence-corrected chi connectivity index (χ2v) is 14.6. The van der Waals surface area contributed by atoms with Gasteiger partial charge in [-0.05, 0) is 54.1 Å². The number of nitrogens with two attached hydrogens (primary N) is 1. The van der Waals surface area contributed by atoms with Gasteiger partial charge in [-0.3, -0.25) is 14.4 Å². The number of benzene rings is 4. The zero-order valence-electron chi connectivity index (χ0n) is 33.2. The topological polar surface area (TPSA) is 176 Å². The highest BCUT2D eigenvalue weighted by molar-refractivity contribution is 6.06. The van der Waals surface area contributed by atoms with E-state index in [1.165, 1.54) is 9.80 Å². The van der Waals surface area contributed by atoms with E-state index in [0.29, 0.717) is 41.0 Å². The van der Waals surface area contributed by atoms with Crippen molar-refractivity contribution in [3.63, 3.8) is 0 Å². The second kappa shape index (κ2) is 16.8. The molecule has 2 atom stereocenters. The van der Waals surface area contributed by atoms with Gasteiger partial charge < -0.3 is 30.5 Å². The molecule has 2 aliphatic rings. The van der Waals surface area contributed by atoms with Crippen molar-refractivity contribution in [1.29, 1.82) is 0 Å². The van der Waals surface area contributed by atoms with Crippen LogP contribution in [0.4, 0.5) is 0 Å². The Morgan fingerprint density at radius 3 is 1.57 bits per heavy atom. The maximum atomic E-state index is 12.5. The Kier molecular flexibility index (Phi) is 11.5. The Hall–Kier alpha value is -7.38. The number of primary amides is 1. The van der Waals surface area contributed by atoms with Gasteiger partial charge in [0.15, 0.2) is 5.69 Å². The van der Waals surface area contributed by atoms with Gasteiger partial charge in [-0.2, -0.15) is 0 Å². The van der Waals surface area contributed by atoms with Gasteiger partial charge in [0.2, 0.25) is 11.2 Å². The first-order valence-electron chi connectivity index (χ1n) is 19.3. The molecule has 60 heavy (non-hydrogen) atoms.